The van der Waals surface area contributed by atoms with Gasteiger partial charge in [-0.15, -0.1) is 0 Å². The van der Waals surface area contributed by atoms with Crippen LogP contribution in [0.15, 0.2) is 12.1 Å². The van der Waals surface area contributed by atoms with Gasteiger partial charge in [-0.1, -0.05) is 0 Å². The number of rotatable bonds is 4. The smallest absolute Gasteiger partial charge is 0.310 e. The summed E-state index contributed by atoms with van der Waals surface area (Å²) in [6.07, 6.45) is -0.0579. The Bertz CT molecular complexity index is 464. The SMILES string of the molecule is CCOC(=O)Cc1c(C#N)ccc(O)c1CN. The second kappa shape index (κ2) is 5.87. The minimum atomic E-state index is -0.440. The van der Waals surface area contributed by atoms with E-state index in [-0.39, 0.29) is 25.3 Å². The van der Waals surface area contributed by atoms with Crippen LogP contribution in [-0.2, 0) is 22.5 Å². The number of nitrogens with zero attached hydrogens (tertiary/aromatic N) is 1. The second-order valence-corrected chi connectivity index (χ2v) is 3.39. The van der Waals surface area contributed by atoms with Crippen LogP contribution in [0.3, 0.4) is 0 Å². The van der Waals surface area contributed by atoms with Crippen LogP contribution in [0.5, 0.6) is 5.75 Å². The maximum atomic E-state index is 11.4. The number of ether oxygens (including phenoxy) is 1. The first-order valence-electron chi connectivity index (χ1n) is 5.23. The number of nitrogens with two attached hydrogens (primary N) is 1. The molecule has 0 saturated carbocycles. The molecule has 90 valence electrons. The predicted octanol–water partition coefficient (Wildman–Crippen LogP) is 0.828. The summed E-state index contributed by atoms with van der Waals surface area (Å²) in [7, 11) is 0. The summed E-state index contributed by atoms with van der Waals surface area (Å²) in [6, 6.07) is 4.83. The molecule has 0 spiro atoms. The van der Waals surface area contributed by atoms with Crippen molar-refractivity contribution >= 4 is 5.97 Å². The predicted molar refractivity (Wildman–Crippen MR) is 61.1 cm³/mol. The first-order chi connectivity index (χ1) is 8.13. The first kappa shape index (κ1) is 13.0. The highest BCUT2D eigenvalue weighted by Crippen LogP contribution is 2.24. The third-order valence-corrected chi connectivity index (χ3v) is 2.36. The van der Waals surface area contributed by atoms with Crippen molar-refractivity contribution in [2.24, 2.45) is 5.73 Å². The summed E-state index contributed by atoms with van der Waals surface area (Å²) in [5.74, 6) is -0.449. The molecule has 0 aliphatic heterocycles. The lowest BCUT2D eigenvalue weighted by atomic mass is 9.98. The molecule has 17 heavy (non-hydrogen) atoms. The molecule has 0 aliphatic carbocycles. The lowest BCUT2D eigenvalue weighted by Crippen LogP contribution is -2.12. The van der Waals surface area contributed by atoms with E-state index in [4.69, 9.17) is 15.7 Å². The highest BCUT2D eigenvalue weighted by Gasteiger charge is 2.15. The summed E-state index contributed by atoms with van der Waals surface area (Å²) in [6.45, 7) is 2.04. The Labute approximate surface area is 99.4 Å². The summed E-state index contributed by atoms with van der Waals surface area (Å²) in [4.78, 5) is 11.4. The van der Waals surface area contributed by atoms with Gasteiger partial charge in [-0.25, -0.2) is 0 Å². The molecule has 1 aromatic rings. The summed E-state index contributed by atoms with van der Waals surface area (Å²) >= 11 is 0. The highest BCUT2D eigenvalue weighted by molar-refractivity contribution is 5.74. The van der Waals surface area contributed by atoms with E-state index in [1.807, 2.05) is 6.07 Å². The van der Waals surface area contributed by atoms with Crippen LogP contribution < -0.4 is 5.73 Å². The molecule has 1 rings (SSSR count). The van der Waals surface area contributed by atoms with E-state index in [1.54, 1.807) is 6.92 Å². The van der Waals surface area contributed by atoms with Crippen molar-refractivity contribution in [3.63, 3.8) is 0 Å². The van der Waals surface area contributed by atoms with Crippen LogP contribution in [0, 0.1) is 11.3 Å². The van der Waals surface area contributed by atoms with Gasteiger partial charge in [0.15, 0.2) is 0 Å². The average molecular weight is 234 g/mol. The Morgan fingerprint density at radius 1 is 1.53 bits per heavy atom. The van der Waals surface area contributed by atoms with Crippen LogP contribution in [0.1, 0.15) is 23.6 Å². The maximum absolute atomic E-state index is 11.4. The largest absolute Gasteiger partial charge is 0.508 e. The zero-order valence-electron chi connectivity index (χ0n) is 9.56. The number of phenols is 1. The van der Waals surface area contributed by atoms with Crippen molar-refractivity contribution in [2.45, 2.75) is 19.9 Å². The van der Waals surface area contributed by atoms with Crippen LogP contribution in [-0.4, -0.2) is 17.7 Å². The topological polar surface area (TPSA) is 96.3 Å². The van der Waals surface area contributed by atoms with Crippen LogP contribution in [0.25, 0.3) is 0 Å². The molecule has 5 heteroatoms. The molecule has 0 saturated heterocycles. The number of hydrogen-bond acceptors (Lipinski definition) is 5. The average Bonchev–Trinajstić information content (AvgIpc) is 2.30. The number of phenolic OH excluding ortho intramolecular Hbond substituents is 1. The number of aromatic hydroxyl groups is 1. The number of hydrogen-bond donors (Lipinski definition) is 2. The second-order valence-electron chi connectivity index (χ2n) is 3.39. The molecule has 0 atom stereocenters. The fourth-order valence-corrected chi connectivity index (χ4v) is 1.57. The van der Waals surface area contributed by atoms with Gasteiger partial charge in [-0.05, 0) is 24.6 Å². The van der Waals surface area contributed by atoms with Crippen molar-refractivity contribution in [2.75, 3.05) is 6.61 Å². The zero-order chi connectivity index (χ0) is 12.8. The molecular weight excluding hydrogens is 220 g/mol. The number of carbonyl (C=O) groups is 1. The van der Waals surface area contributed by atoms with E-state index in [2.05, 4.69) is 0 Å². The number of benzene rings is 1. The monoisotopic (exact) mass is 234 g/mol. The van der Waals surface area contributed by atoms with E-state index in [0.717, 1.165) is 0 Å². The Hall–Kier alpha value is -2.06. The lowest BCUT2D eigenvalue weighted by molar-refractivity contribution is -0.142. The number of carbonyl (C=O) groups excluding carboxylic acids is 1. The third-order valence-electron chi connectivity index (χ3n) is 2.36. The molecule has 0 heterocycles. The Kier molecular flexibility index (Phi) is 4.49. The molecule has 0 amide bonds. The number of nitriles is 1. The Morgan fingerprint density at radius 3 is 2.76 bits per heavy atom. The molecule has 0 radical (unpaired) electrons. The fourth-order valence-electron chi connectivity index (χ4n) is 1.57. The first-order valence-corrected chi connectivity index (χ1v) is 5.23. The lowest BCUT2D eigenvalue weighted by Gasteiger charge is -2.11. The molecule has 5 nitrogen and oxygen atoms in total. The van der Waals surface area contributed by atoms with Crippen molar-refractivity contribution in [1.29, 1.82) is 5.26 Å². The van der Waals surface area contributed by atoms with E-state index in [0.29, 0.717) is 16.7 Å². The Morgan fingerprint density at radius 2 is 2.24 bits per heavy atom. The zero-order valence-corrected chi connectivity index (χ0v) is 9.56. The maximum Gasteiger partial charge on any atom is 0.310 e. The van der Waals surface area contributed by atoms with Gasteiger partial charge in [0.1, 0.15) is 5.75 Å². The summed E-state index contributed by atoms with van der Waals surface area (Å²) < 4.78 is 4.81. The van der Waals surface area contributed by atoms with Crippen molar-refractivity contribution < 1.29 is 14.6 Å². The standard InChI is InChI=1S/C12H14N2O3/c1-2-17-12(16)5-9-8(6-13)3-4-11(15)10(9)7-14/h3-4,15H,2,5,7,14H2,1H3. The third kappa shape index (κ3) is 2.95. The minimum absolute atomic E-state index is 0.00852. The molecule has 0 unspecified atom stereocenters. The van der Waals surface area contributed by atoms with E-state index >= 15 is 0 Å². The van der Waals surface area contributed by atoms with Crippen LogP contribution >= 0.6 is 0 Å². The molecular formula is C12H14N2O3. The van der Waals surface area contributed by atoms with Gasteiger partial charge in [0.25, 0.3) is 0 Å². The van der Waals surface area contributed by atoms with Gasteiger partial charge in [0.2, 0.25) is 0 Å². The summed E-state index contributed by atoms with van der Waals surface area (Å²) in [5.41, 5.74) is 6.69. The summed E-state index contributed by atoms with van der Waals surface area (Å²) in [5, 5.41) is 18.6. The van der Waals surface area contributed by atoms with Gasteiger partial charge >= 0.3 is 5.97 Å². The van der Waals surface area contributed by atoms with Gasteiger partial charge in [-0.3, -0.25) is 4.79 Å². The van der Waals surface area contributed by atoms with Crippen molar-refractivity contribution in [3.8, 4) is 11.8 Å². The van der Waals surface area contributed by atoms with Crippen molar-refractivity contribution in [3.05, 3.63) is 28.8 Å². The fraction of sp³-hybridized carbons (Fsp3) is 0.333. The van der Waals surface area contributed by atoms with E-state index in [1.165, 1.54) is 12.1 Å². The van der Waals surface area contributed by atoms with E-state index < -0.39 is 5.97 Å². The molecule has 0 aromatic heterocycles. The van der Waals surface area contributed by atoms with Gasteiger partial charge < -0.3 is 15.6 Å². The molecule has 0 bridgehead atoms. The van der Waals surface area contributed by atoms with E-state index in [9.17, 15) is 9.90 Å². The molecule has 0 aliphatic rings. The molecule has 1 aromatic carbocycles. The quantitative estimate of drug-likeness (QED) is 0.752. The van der Waals surface area contributed by atoms with Crippen LogP contribution in [0.2, 0.25) is 0 Å². The molecule has 0 fully saturated rings. The van der Waals surface area contributed by atoms with Gasteiger partial charge in [0.05, 0.1) is 24.7 Å². The minimum Gasteiger partial charge on any atom is -0.508 e. The highest BCUT2D eigenvalue weighted by atomic mass is 16.5. The van der Waals surface area contributed by atoms with Crippen molar-refractivity contribution in [1.82, 2.24) is 0 Å². The number of esters is 1. The van der Waals surface area contributed by atoms with Gasteiger partial charge in [0, 0.05) is 12.1 Å². The Balaban J connectivity index is 3.15. The van der Waals surface area contributed by atoms with Crippen LogP contribution in [0.4, 0.5) is 0 Å². The van der Waals surface area contributed by atoms with Gasteiger partial charge in [-0.2, -0.15) is 5.26 Å². The normalized spacial score (nSPS) is 9.71. The molecule has 3 N–H and O–H groups in total.